The zero-order chi connectivity index (χ0) is 11.7. The van der Waals surface area contributed by atoms with Gasteiger partial charge in [0.2, 0.25) is 0 Å². The first-order valence-electron chi connectivity index (χ1n) is 6.12. The van der Waals surface area contributed by atoms with E-state index in [2.05, 4.69) is 50.4 Å². The molecule has 0 aliphatic heterocycles. The number of hydrogen-bond acceptors (Lipinski definition) is 1. The number of benzene rings is 1. The average molecular weight is 291 g/mol. The van der Waals surface area contributed by atoms with Gasteiger partial charge in [-0.2, -0.15) is 5.10 Å². The van der Waals surface area contributed by atoms with Crippen LogP contribution in [0.4, 0.5) is 0 Å². The van der Waals surface area contributed by atoms with E-state index in [4.69, 9.17) is 0 Å². The lowest BCUT2D eigenvalue weighted by molar-refractivity contribution is 0.673. The second-order valence-corrected chi connectivity index (χ2v) is 5.56. The van der Waals surface area contributed by atoms with Crippen molar-refractivity contribution in [2.45, 2.75) is 32.1 Å². The third-order valence-electron chi connectivity index (χ3n) is 3.40. The van der Waals surface area contributed by atoms with Crippen LogP contribution in [0.2, 0.25) is 0 Å². The van der Waals surface area contributed by atoms with Gasteiger partial charge in [-0.25, -0.2) is 0 Å². The molecule has 88 valence electrons. The lowest BCUT2D eigenvalue weighted by Gasteiger charge is -2.11. The van der Waals surface area contributed by atoms with Crippen molar-refractivity contribution in [3.8, 4) is 0 Å². The highest BCUT2D eigenvalue weighted by atomic mass is 79.9. The molecular weight excluding hydrogens is 276 g/mol. The maximum absolute atomic E-state index is 4.48. The molecule has 0 atom stereocenters. The molecule has 0 fully saturated rings. The van der Waals surface area contributed by atoms with Gasteiger partial charge in [0, 0.05) is 16.6 Å². The smallest absolute Gasteiger partial charge is 0.0700 e. The average Bonchev–Trinajstić information content (AvgIpc) is 2.73. The first kappa shape index (κ1) is 11.0. The number of aromatic nitrogens is 2. The maximum atomic E-state index is 4.48. The summed E-state index contributed by atoms with van der Waals surface area (Å²) in [6.45, 7) is 0. The fourth-order valence-electron chi connectivity index (χ4n) is 2.54. The highest BCUT2D eigenvalue weighted by Crippen LogP contribution is 2.24. The van der Waals surface area contributed by atoms with Gasteiger partial charge in [-0.3, -0.25) is 5.10 Å². The summed E-state index contributed by atoms with van der Waals surface area (Å²) in [4.78, 5) is 0. The lowest BCUT2D eigenvalue weighted by Crippen LogP contribution is -2.02. The van der Waals surface area contributed by atoms with E-state index in [1.807, 2.05) is 0 Å². The Kier molecular flexibility index (Phi) is 3.02. The third-order valence-corrected chi connectivity index (χ3v) is 3.90. The standard InChI is InChI=1S/C14H15BrN2/c15-11-5-3-4-10(8-11)9-14-12-6-1-2-7-13(12)16-17-14/h3-5,8H,1-2,6-7,9H2,(H,16,17). The number of aryl methyl sites for hydroxylation is 1. The van der Waals surface area contributed by atoms with Crippen LogP contribution < -0.4 is 0 Å². The molecule has 3 rings (SSSR count). The van der Waals surface area contributed by atoms with E-state index in [-0.39, 0.29) is 0 Å². The van der Waals surface area contributed by atoms with Gasteiger partial charge in [0.05, 0.1) is 5.69 Å². The monoisotopic (exact) mass is 290 g/mol. The van der Waals surface area contributed by atoms with E-state index in [9.17, 15) is 0 Å². The van der Waals surface area contributed by atoms with Gasteiger partial charge in [-0.15, -0.1) is 0 Å². The largest absolute Gasteiger partial charge is 0.282 e. The van der Waals surface area contributed by atoms with Crippen LogP contribution in [0.5, 0.6) is 0 Å². The number of halogens is 1. The molecule has 1 aliphatic carbocycles. The van der Waals surface area contributed by atoms with E-state index in [0.29, 0.717) is 0 Å². The molecule has 1 heterocycles. The molecule has 1 aromatic heterocycles. The summed E-state index contributed by atoms with van der Waals surface area (Å²) < 4.78 is 1.14. The zero-order valence-electron chi connectivity index (χ0n) is 9.67. The Morgan fingerprint density at radius 1 is 1.24 bits per heavy atom. The summed E-state index contributed by atoms with van der Waals surface area (Å²) in [5, 5.41) is 7.68. The van der Waals surface area contributed by atoms with Gasteiger partial charge in [0.25, 0.3) is 0 Å². The number of hydrogen-bond donors (Lipinski definition) is 1. The SMILES string of the molecule is Brc1cccc(Cc2n[nH]c3c2CCCC3)c1. The van der Waals surface area contributed by atoms with Gasteiger partial charge < -0.3 is 0 Å². The van der Waals surface area contributed by atoms with Crippen LogP contribution in [0, 0.1) is 0 Å². The molecule has 1 aromatic carbocycles. The van der Waals surface area contributed by atoms with Crippen molar-refractivity contribution in [3.05, 3.63) is 51.3 Å². The van der Waals surface area contributed by atoms with E-state index in [0.717, 1.165) is 10.9 Å². The first-order valence-corrected chi connectivity index (χ1v) is 6.91. The quantitative estimate of drug-likeness (QED) is 0.899. The van der Waals surface area contributed by atoms with Crippen LogP contribution in [0.25, 0.3) is 0 Å². The molecule has 0 unspecified atom stereocenters. The first-order chi connectivity index (χ1) is 8.33. The van der Waals surface area contributed by atoms with E-state index in [1.54, 1.807) is 0 Å². The van der Waals surface area contributed by atoms with Crippen molar-refractivity contribution in [1.82, 2.24) is 10.2 Å². The summed E-state index contributed by atoms with van der Waals surface area (Å²) in [7, 11) is 0. The zero-order valence-corrected chi connectivity index (χ0v) is 11.3. The van der Waals surface area contributed by atoms with Crippen LogP contribution in [0.1, 0.15) is 35.4 Å². The van der Waals surface area contributed by atoms with Crippen LogP contribution in [0.3, 0.4) is 0 Å². The van der Waals surface area contributed by atoms with Gasteiger partial charge in [0.1, 0.15) is 0 Å². The van der Waals surface area contributed by atoms with Crippen LogP contribution in [-0.4, -0.2) is 10.2 Å². The fraction of sp³-hybridized carbons (Fsp3) is 0.357. The minimum absolute atomic E-state index is 0.936. The minimum Gasteiger partial charge on any atom is -0.282 e. The maximum Gasteiger partial charge on any atom is 0.0700 e. The van der Waals surface area contributed by atoms with Crippen molar-refractivity contribution in [2.24, 2.45) is 0 Å². The molecule has 0 radical (unpaired) electrons. The van der Waals surface area contributed by atoms with Gasteiger partial charge in [0.15, 0.2) is 0 Å². The molecule has 3 heteroatoms. The van der Waals surface area contributed by atoms with E-state index in [1.165, 1.54) is 48.2 Å². The number of H-pyrrole nitrogens is 1. The van der Waals surface area contributed by atoms with Crippen molar-refractivity contribution >= 4 is 15.9 Å². The fourth-order valence-corrected chi connectivity index (χ4v) is 2.98. The predicted molar refractivity (Wildman–Crippen MR) is 72.2 cm³/mol. The number of fused-ring (bicyclic) bond motifs is 1. The molecule has 1 aliphatic rings. The molecule has 0 saturated heterocycles. The second-order valence-electron chi connectivity index (χ2n) is 4.64. The second kappa shape index (κ2) is 4.65. The van der Waals surface area contributed by atoms with Crippen LogP contribution in [-0.2, 0) is 19.3 Å². The van der Waals surface area contributed by atoms with Crippen molar-refractivity contribution in [3.63, 3.8) is 0 Å². The highest BCUT2D eigenvalue weighted by molar-refractivity contribution is 9.10. The number of nitrogens with zero attached hydrogens (tertiary/aromatic N) is 1. The summed E-state index contributed by atoms with van der Waals surface area (Å²) >= 11 is 3.51. The lowest BCUT2D eigenvalue weighted by atomic mass is 9.94. The number of rotatable bonds is 2. The summed E-state index contributed by atoms with van der Waals surface area (Å²) in [6, 6.07) is 8.47. The van der Waals surface area contributed by atoms with Crippen LogP contribution in [0.15, 0.2) is 28.7 Å². The van der Waals surface area contributed by atoms with Gasteiger partial charge in [-0.1, -0.05) is 28.1 Å². The summed E-state index contributed by atoms with van der Waals surface area (Å²) in [5.41, 5.74) is 5.38. The molecule has 0 saturated carbocycles. The molecule has 2 aromatic rings. The van der Waals surface area contributed by atoms with Crippen molar-refractivity contribution in [2.75, 3.05) is 0 Å². The van der Waals surface area contributed by atoms with Gasteiger partial charge >= 0.3 is 0 Å². The molecule has 0 bridgehead atoms. The molecule has 0 amide bonds. The Hall–Kier alpha value is -1.09. The van der Waals surface area contributed by atoms with Crippen molar-refractivity contribution < 1.29 is 0 Å². The molecule has 0 spiro atoms. The topological polar surface area (TPSA) is 28.7 Å². The molecule has 17 heavy (non-hydrogen) atoms. The van der Waals surface area contributed by atoms with E-state index < -0.39 is 0 Å². The minimum atomic E-state index is 0.936. The Morgan fingerprint density at radius 3 is 3.00 bits per heavy atom. The predicted octanol–water partition coefficient (Wildman–Crippen LogP) is 3.64. The Morgan fingerprint density at radius 2 is 2.12 bits per heavy atom. The third kappa shape index (κ3) is 2.29. The van der Waals surface area contributed by atoms with Gasteiger partial charge in [-0.05, 0) is 48.9 Å². The molecule has 1 N–H and O–H groups in total. The van der Waals surface area contributed by atoms with Crippen molar-refractivity contribution in [1.29, 1.82) is 0 Å². The summed E-state index contributed by atoms with van der Waals surface area (Å²) in [5.74, 6) is 0. The Bertz CT molecular complexity index is 531. The molecule has 2 nitrogen and oxygen atoms in total. The molecular formula is C14H15BrN2. The highest BCUT2D eigenvalue weighted by Gasteiger charge is 2.16. The normalized spacial score (nSPS) is 14.6. The number of nitrogens with one attached hydrogen (secondary N) is 1. The number of aromatic amines is 1. The summed E-state index contributed by atoms with van der Waals surface area (Å²) in [6.07, 6.45) is 5.89. The van der Waals surface area contributed by atoms with Crippen LogP contribution >= 0.6 is 15.9 Å². The Balaban J connectivity index is 1.88. The Labute approximate surface area is 110 Å². The van der Waals surface area contributed by atoms with E-state index >= 15 is 0 Å².